The van der Waals surface area contributed by atoms with Gasteiger partial charge in [-0.3, -0.25) is 0 Å². The summed E-state index contributed by atoms with van der Waals surface area (Å²) in [4.78, 5) is 4.24. The van der Waals surface area contributed by atoms with Crippen LogP contribution in [0.25, 0.3) is 0 Å². The molecule has 1 aromatic heterocycles. The van der Waals surface area contributed by atoms with E-state index in [9.17, 15) is 0 Å². The van der Waals surface area contributed by atoms with Crippen LogP contribution >= 0.6 is 0 Å². The van der Waals surface area contributed by atoms with Crippen LogP contribution in [0.15, 0.2) is 18.3 Å². The van der Waals surface area contributed by atoms with Crippen molar-refractivity contribution in [2.45, 2.75) is 38.1 Å². The van der Waals surface area contributed by atoms with Crippen LogP contribution in [0.4, 0.5) is 11.5 Å². The predicted molar refractivity (Wildman–Crippen MR) is 59.1 cm³/mol. The number of nitrogens with two attached hydrogens (primary N) is 1. The lowest BCUT2D eigenvalue weighted by Crippen LogP contribution is -2.22. The predicted octanol–water partition coefficient (Wildman–Crippen LogP) is 2.41. The van der Waals surface area contributed by atoms with E-state index in [2.05, 4.69) is 10.3 Å². The second kappa shape index (κ2) is 4.31. The first-order valence-corrected chi connectivity index (χ1v) is 5.33. The van der Waals surface area contributed by atoms with Crippen LogP contribution < -0.4 is 11.1 Å². The van der Waals surface area contributed by atoms with Gasteiger partial charge in [0, 0.05) is 6.04 Å². The number of pyridine rings is 1. The SMILES string of the molecule is Nc1ccc(NC2CCCCC2)nc1. The minimum absolute atomic E-state index is 0.611. The molecule has 0 amide bonds. The maximum Gasteiger partial charge on any atom is 0.126 e. The molecule has 1 aromatic rings. The highest BCUT2D eigenvalue weighted by atomic mass is 15.0. The standard InChI is InChI=1S/C11H17N3/c12-9-6-7-11(13-8-9)14-10-4-2-1-3-5-10/h6-8,10H,1-5,12H2,(H,13,14). The second-order valence-electron chi connectivity index (χ2n) is 3.96. The molecule has 0 aliphatic heterocycles. The van der Waals surface area contributed by atoms with Gasteiger partial charge in [0.05, 0.1) is 11.9 Å². The lowest BCUT2D eigenvalue weighted by Gasteiger charge is -2.23. The van der Waals surface area contributed by atoms with E-state index in [0.717, 1.165) is 11.5 Å². The molecule has 1 aliphatic carbocycles. The van der Waals surface area contributed by atoms with E-state index in [-0.39, 0.29) is 0 Å². The van der Waals surface area contributed by atoms with Gasteiger partial charge in [0.1, 0.15) is 5.82 Å². The Labute approximate surface area is 84.7 Å². The number of hydrogen-bond acceptors (Lipinski definition) is 3. The third-order valence-corrected chi connectivity index (χ3v) is 2.74. The minimum atomic E-state index is 0.611. The summed E-state index contributed by atoms with van der Waals surface area (Å²) in [5.41, 5.74) is 6.29. The van der Waals surface area contributed by atoms with E-state index in [1.54, 1.807) is 6.20 Å². The Morgan fingerprint density at radius 3 is 2.64 bits per heavy atom. The Morgan fingerprint density at radius 2 is 2.00 bits per heavy atom. The van der Waals surface area contributed by atoms with Gasteiger partial charge in [-0.2, -0.15) is 0 Å². The normalized spacial score (nSPS) is 18.0. The fraction of sp³-hybridized carbons (Fsp3) is 0.545. The second-order valence-corrected chi connectivity index (χ2v) is 3.96. The highest BCUT2D eigenvalue weighted by molar-refractivity contribution is 5.44. The van der Waals surface area contributed by atoms with Gasteiger partial charge in [-0.15, -0.1) is 0 Å². The Hall–Kier alpha value is -1.25. The number of aromatic nitrogens is 1. The first-order valence-electron chi connectivity index (χ1n) is 5.33. The van der Waals surface area contributed by atoms with Gasteiger partial charge in [-0.25, -0.2) is 4.98 Å². The molecule has 1 heterocycles. The average Bonchev–Trinajstić information content (AvgIpc) is 2.23. The lowest BCUT2D eigenvalue weighted by atomic mass is 9.95. The van der Waals surface area contributed by atoms with Crippen LogP contribution in [0.3, 0.4) is 0 Å². The van der Waals surface area contributed by atoms with E-state index in [4.69, 9.17) is 5.73 Å². The smallest absolute Gasteiger partial charge is 0.126 e. The summed E-state index contributed by atoms with van der Waals surface area (Å²) < 4.78 is 0. The summed E-state index contributed by atoms with van der Waals surface area (Å²) in [6.45, 7) is 0. The molecule has 0 bridgehead atoms. The largest absolute Gasteiger partial charge is 0.397 e. The zero-order valence-corrected chi connectivity index (χ0v) is 8.37. The van der Waals surface area contributed by atoms with Crippen molar-refractivity contribution < 1.29 is 0 Å². The van der Waals surface area contributed by atoms with Crippen LogP contribution in [0.2, 0.25) is 0 Å². The van der Waals surface area contributed by atoms with Crippen molar-refractivity contribution in [3.63, 3.8) is 0 Å². The number of nitrogen functional groups attached to an aromatic ring is 1. The molecule has 0 radical (unpaired) electrons. The van der Waals surface area contributed by atoms with Gasteiger partial charge in [0.25, 0.3) is 0 Å². The molecule has 3 N–H and O–H groups in total. The highest BCUT2D eigenvalue weighted by Gasteiger charge is 2.12. The minimum Gasteiger partial charge on any atom is -0.397 e. The van der Waals surface area contributed by atoms with Crippen LogP contribution in [0.1, 0.15) is 32.1 Å². The third-order valence-electron chi connectivity index (χ3n) is 2.74. The van der Waals surface area contributed by atoms with Crippen molar-refractivity contribution in [3.05, 3.63) is 18.3 Å². The Bertz CT molecular complexity index is 275. The quantitative estimate of drug-likeness (QED) is 0.754. The number of anilines is 2. The van der Waals surface area contributed by atoms with Gasteiger partial charge in [0.15, 0.2) is 0 Å². The Balaban J connectivity index is 1.92. The Kier molecular flexibility index (Phi) is 2.87. The van der Waals surface area contributed by atoms with Crippen LogP contribution in [0.5, 0.6) is 0 Å². The summed E-state index contributed by atoms with van der Waals surface area (Å²) >= 11 is 0. The molecule has 0 aromatic carbocycles. The van der Waals surface area contributed by atoms with Gasteiger partial charge in [-0.1, -0.05) is 19.3 Å². The lowest BCUT2D eigenvalue weighted by molar-refractivity contribution is 0.462. The highest BCUT2D eigenvalue weighted by Crippen LogP contribution is 2.20. The topological polar surface area (TPSA) is 50.9 Å². The molecule has 1 saturated carbocycles. The summed E-state index contributed by atoms with van der Waals surface area (Å²) in [5.74, 6) is 0.950. The van der Waals surface area contributed by atoms with Crippen molar-refractivity contribution in [2.75, 3.05) is 11.1 Å². The van der Waals surface area contributed by atoms with Gasteiger partial charge < -0.3 is 11.1 Å². The molecule has 3 nitrogen and oxygen atoms in total. The van der Waals surface area contributed by atoms with Crippen molar-refractivity contribution in [1.82, 2.24) is 4.98 Å². The maximum atomic E-state index is 5.57. The molecule has 1 fully saturated rings. The zero-order chi connectivity index (χ0) is 9.80. The molecule has 0 atom stereocenters. The fourth-order valence-electron chi connectivity index (χ4n) is 1.95. The summed E-state index contributed by atoms with van der Waals surface area (Å²) in [7, 11) is 0. The van der Waals surface area contributed by atoms with E-state index in [1.165, 1.54) is 32.1 Å². The number of nitrogens with zero attached hydrogens (tertiary/aromatic N) is 1. The average molecular weight is 191 g/mol. The van der Waals surface area contributed by atoms with E-state index in [0.29, 0.717) is 6.04 Å². The van der Waals surface area contributed by atoms with Crippen molar-refractivity contribution >= 4 is 11.5 Å². The van der Waals surface area contributed by atoms with E-state index < -0.39 is 0 Å². The number of hydrogen-bond donors (Lipinski definition) is 2. The summed E-state index contributed by atoms with van der Waals surface area (Å²) in [6.07, 6.45) is 8.30. The van der Waals surface area contributed by atoms with Gasteiger partial charge in [0.2, 0.25) is 0 Å². The monoisotopic (exact) mass is 191 g/mol. The molecule has 1 aliphatic rings. The maximum absolute atomic E-state index is 5.57. The van der Waals surface area contributed by atoms with Crippen LogP contribution in [0, 0.1) is 0 Å². The van der Waals surface area contributed by atoms with Crippen LogP contribution in [-0.4, -0.2) is 11.0 Å². The summed E-state index contributed by atoms with van der Waals surface area (Å²) in [5, 5.41) is 3.44. The molecule has 0 unspecified atom stereocenters. The van der Waals surface area contributed by atoms with Crippen molar-refractivity contribution in [2.24, 2.45) is 0 Å². The van der Waals surface area contributed by atoms with E-state index in [1.807, 2.05) is 12.1 Å². The Morgan fingerprint density at radius 1 is 1.21 bits per heavy atom. The third kappa shape index (κ3) is 2.37. The number of nitrogens with one attached hydrogen (secondary N) is 1. The molecule has 0 saturated heterocycles. The zero-order valence-electron chi connectivity index (χ0n) is 8.37. The number of rotatable bonds is 2. The molecule has 76 valence electrons. The fourth-order valence-corrected chi connectivity index (χ4v) is 1.95. The molecule has 0 spiro atoms. The first kappa shape index (κ1) is 9.31. The molecular weight excluding hydrogens is 174 g/mol. The first-order chi connectivity index (χ1) is 6.84. The van der Waals surface area contributed by atoms with Gasteiger partial charge >= 0.3 is 0 Å². The van der Waals surface area contributed by atoms with E-state index >= 15 is 0 Å². The van der Waals surface area contributed by atoms with Crippen molar-refractivity contribution in [1.29, 1.82) is 0 Å². The van der Waals surface area contributed by atoms with Crippen LogP contribution in [-0.2, 0) is 0 Å². The van der Waals surface area contributed by atoms with Crippen molar-refractivity contribution in [3.8, 4) is 0 Å². The summed E-state index contributed by atoms with van der Waals surface area (Å²) in [6, 6.07) is 4.45. The molecular formula is C11H17N3. The molecule has 2 rings (SSSR count). The molecule has 14 heavy (non-hydrogen) atoms. The van der Waals surface area contributed by atoms with Gasteiger partial charge in [-0.05, 0) is 25.0 Å². The molecule has 3 heteroatoms.